The summed E-state index contributed by atoms with van der Waals surface area (Å²) in [4.78, 5) is 11.9. The van der Waals surface area contributed by atoms with Gasteiger partial charge in [0.25, 0.3) is 6.29 Å². The van der Waals surface area contributed by atoms with Crippen molar-refractivity contribution in [2.75, 3.05) is 19.1 Å². The van der Waals surface area contributed by atoms with Crippen LogP contribution >= 0.6 is 23.5 Å². The Morgan fingerprint density at radius 3 is 2.67 bits per heavy atom. The van der Waals surface area contributed by atoms with Crippen molar-refractivity contribution >= 4 is 29.5 Å². The zero-order valence-corrected chi connectivity index (χ0v) is 16.7. The number of hydrogen-bond acceptors (Lipinski definition) is 6. The Morgan fingerprint density at radius 2 is 1.96 bits per heavy atom. The Labute approximate surface area is 167 Å². The summed E-state index contributed by atoms with van der Waals surface area (Å²) in [5.41, 5.74) is 2.20. The van der Waals surface area contributed by atoms with Crippen LogP contribution in [0.5, 0.6) is 5.75 Å². The van der Waals surface area contributed by atoms with Crippen molar-refractivity contribution < 1.29 is 19.4 Å². The first-order chi connectivity index (χ1) is 13.1. The van der Waals surface area contributed by atoms with Crippen LogP contribution in [0.1, 0.15) is 27.9 Å². The molecule has 4 nitrogen and oxygen atoms in total. The van der Waals surface area contributed by atoms with Gasteiger partial charge in [0.2, 0.25) is 0 Å². The Balaban J connectivity index is 1.76. The summed E-state index contributed by atoms with van der Waals surface area (Å²) in [5.74, 6) is 5.72. The molecule has 0 fully saturated rings. The number of rotatable bonds is 4. The molecule has 1 aliphatic rings. The molecule has 1 N–H and O–H groups in total. The van der Waals surface area contributed by atoms with Crippen LogP contribution < -0.4 is 4.74 Å². The molecule has 6 heteroatoms. The van der Waals surface area contributed by atoms with Gasteiger partial charge in [0.05, 0.1) is 16.2 Å². The minimum absolute atomic E-state index is 0.0658. The summed E-state index contributed by atoms with van der Waals surface area (Å²) in [7, 11) is 0. The first-order valence-corrected chi connectivity index (χ1v) is 10.9. The van der Waals surface area contributed by atoms with Gasteiger partial charge in [0.15, 0.2) is 0 Å². The van der Waals surface area contributed by atoms with Gasteiger partial charge in [-0.15, -0.1) is 23.5 Å². The molecule has 1 aliphatic heterocycles. The normalized spacial score (nSPS) is 15.5. The molecule has 27 heavy (non-hydrogen) atoms. The first kappa shape index (κ1) is 19.7. The molecule has 0 bridgehead atoms. The molecule has 0 radical (unpaired) electrons. The SMILES string of the molecule is CSC1(SC)CCOc2ccc(C#CC(O)OC(=O)c3ccccc3)cc21. The molecule has 1 heterocycles. The van der Waals surface area contributed by atoms with Crippen LogP contribution in [0.15, 0.2) is 48.5 Å². The fourth-order valence-electron chi connectivity index (χ4n) is 2.89. The van der Waals surface area contributed by atoms with Gasteiger partial charge in [-0.2, -0.15) is 0 Å². The molecule has 0 saturated heterocycles. The standard InChI is InChI=1S/C21H20O4S2/c1-26-21(27-2)12-13-24-18-10-8-15(14-17(18)21)9-11-19(22)25-20(23)16-6-4-3-5-7-16/h3-8,10,14,19,22H,12-13H2,1-2H3. The van der Waals surface area contributed by atoms with Crippen LogP contribution in [-0.2, 0) is 8.82 Å². The van der Waals surface area contributed by atoms with Gasteiger partial charge in [0.1, 0.15) is 5.75 Å². The third kappa shape index (κ3) is 4.44. The number of carbonyl (C=O) groups excluding carboxylic acids is 1. The van der Waals surface area contributed by atoms with Crippen LogP contribution in [0.4, 0.5) is 0 Å². The van der Waals surface area contributed by atoms with Gasteiger partial charge < -0.3 is 14.6 Å². The van der Waals surface area contributed by atoms with Crippen LogP contribution in [0.2, 0.25) is 0 Å². The molecule has 0 aliphatic carbocycles. The minimum atomic E-state index is -1.49. The monoisotopic (exact) mass is 400 g/mol. The highest BCUT2D eigenvalue weighted by Crippen LogP contribution is 2.52. The van der Waals surface area contributed by atoms with E-state index >= 15 is 0 Å². The molecule has 1 unspecified atom stereocenters. The Morgan fingerprint density at radius 1 is 1.22 bits per heavy atom. The Bertz CT molecular complexity index is 867. The molecule has 3 rings (SSSR count). The topological polar surface area (TPSA) is 55.8 Å². The maximum Gasteiger partial charge on any atom is 0.341 e. The number of esters is 1. The lowest BCUT2D eigenvalue weighted by Crippen LogP contribution is -2.26. The van der Waals surface area contributed by atoms with Crippen LogP contribution in [-0.4, -0.2) is 36.5 Å². The largest absolute Gasteiger partial charge is 0.493 e. The van der Waals surface area contributed by atoms with E-state index in [9.17, 15) is 9.90 Å². The van der Waals surface area contributed by atoms with E-state index in [2.05, 4.69) is 24.4 Å². The number of carbonyl (C=O) groups is 1. The average molecular weight is 401 g/mol. The summed E-state index contributed by atoms with van der Waals surface area (Å²) in [6, 6.07) is 14.2. The fourth-order valence-corrected chi connectivity index (χ4v) is 4.89. The van der Waals surface area contributed by atoms with Gasteiger partial charge in [-0.05, 0) is 48.8 Å². The summed E-state index contributed by atoms with van der Waals surface area (Å²) in [6.45, 7) is 0.688. The van der Waals surface area contributed by atoms with Gasteiger partial charge in [-0.3, -0.25) is 0 Å². The number of aliphatic hydroxyl groups is 1. The van der Waals surface area contributed by atoms with Crippen molar-refractivity contribution in [3.8, 4) is 17.6 Å². The van der Waals surface area contributed by atoms with Crippen molar-refractivity contribution in [1.29, 1.82) is 0 Å². The third-order valence-electron chi connectivity index (χ3n) is 4.31. The fraction of sp³-hybridized carbons (Fsp3) is 0.286. The van der Waals surface area contributed by atoms with Crippen LogP contribution in [0.3, 0.4) is 0 Å². The predicted molar refractivity (Wildman–Crippen MR) is 110 cm³/mol. The molecule has 0 amide bonds. The van der Waals surface area contributed by atoms with E-state index in [1.54, 1.807) is 53.9 Å². The number of fused-ring (bicyclic) bond motifs is 1. The second-order valence-electron chi connectivity index (χ2n) is 5.86. The predicted octanol–water partition coefficient (Wildman–Crippen LogP) is 3.87. The van der Waals surface area contributed by atoms with Crippen molar-refractivity contribution in [2.45, 2.75) is 16.8 Å². The van der Waals surface area contributed by atoms with Crippen molar-refractivity contribution in [3.63, 3.8) is 0 Å². The molecular weight excluding hydrogens is 380 g/mol. The number of benzene rings is 2. The lowest BCUT2D eigenvalue weighted by Gasteiger charge is -2.36. The summed E-state index contributed by atoms with van der Waals surface area (Å²) in [6.07, 6.45) is 3.61. The van der Waals surface area contributed by atoms with E-state index in [0.717, 1.165) is 23.3 Å². The first-order valence-electron chi connectivity index (χ1n) is 8.41. The van der Waals surface area contributed by atoms with E-state index in [1.807, 2.05) is 18.2 Å². The molecule has 1 atom stereocenters. The zero-order chi connectivity index (χ0) is 19.3. The van der Waals surface area contributed by atoms with E-state index in [-0.39, 0.29) is 4.08 Å². The van der Waals surface area contributed by atoms with E-state index in [0.29, 0.717) is 12.2 Å². The molecule has 0 saturated carbocycles. The number of thioether (sulfide) groups is 2. The Hall–Kier alpha value is -2.07. The molecular formula is C21H20O4S2. The molecule has 0 aromatic heterocycles. The number of ether oxygens (including phenoxy) is 2. The van der Waals surface area contributed by atoms with E-state index in [4.69, 9.17) is 9.47 Å². The molecule has 0 spiro atoms. The average Bonchev–Trinajstić information content (AvgIpc) is 2.72. The van der Waals surface area contributed by atoms with Crippen molar-refractivity contribution in [2.24, 2.45) is 0 Å². The minimum Gasteiger partial charge on any atom is -0.493 e. The number of hydrogen-bond donors (Lipinski definition) is 1. The van der Waals surface area contributed by atoms with Crippen molar-refractivity contribution in [1.82, 2.24) is 0 Å². The highest BCUT2D eigenvalue weighted by Gasteiger charge is 2.36. The second kappa shape index (κ2) is 8.75. The van der Waals surface area contributed by atoms with Gasteiger partial charge >= 0.3 is 5.97 Å². The molecule has 2 aromatic rings. The van der Waals surface area contributed by atoms with E-state index in [1.165, 1.54) is 0 Å². The van der Waals surface area contributed by atoms with Gasteiger partial charge in [-0.1, -0.05) is 24.1 Å². The number of aliphatic hydroxyl groups excluding tert-OH is 1. The second-order valence-corrected chi connectivity index (χ2v) is 8.33. The zero-order valence-electron chi connectivity index (χ0n) is 15.1. The maximum atomic E-state index is 11.9. The van der Waals surface area contributed by atoms with Crippen LogP contribution in [0.25, 0.3) is 0 Å². The lowest BCUT2D eigenvalue weighted by atomic mass is 10.0. The maximum absolute atomic E-state index is 11.9. The molecule has 2 aromatic carbocycles. The quantitative estimate of drug-likeness (QED) is 0.478. The van der Waals surface area contributed by atoms with Gasteiger partial charge in [-0.25, -0.2) is 4.79 Å². The van der Waals surface area contributed by atoms with E-state index < -0.39 is 12.3 Å². The van der Waals surface area contributed by atoms with Gasteiger partial charge in [0, 0.05) is 17.5 Å². The highest BCUT2D eigenvalue weighted by molar-refractivity contribution is 8.16. The highest BCUT2D eigenvalue weighted by atomic mass is 32.2. The van der Waals surface area contributed by atoms with Crippen LogP contribution in [0, 0.1) is 11.8 Å². The summed E-state index contributed by atoms with van der Waals surface area (Å²) < 4.78 is 10.7. The summed E-state index contributed by atoms with van der Waals surface area (Å²) >= 11 is 3.58. The lowest BCUT2D eigenvalue weighted by molar-refractivity contribution is -0.0298. The van der Waals surface area contributed by atoms with Crippen molar-refractivity contribution in [3.05, 3.63) is 65.2 Å². The Kier molecular flexibility index (Phi) is 6.38. The third-order valence-corrected chi connectivity index (χ3v) is 7.47. The molecule has 140 valence electrons. The smallest absolute Gasteiger partial charge is 0.341 e. The summed E-state index contributed by atoms with van der Waals surface area (Å²) in [5, 5.41) is 9.93.